The topological polar surface area (TPSA) is 51.6 Å². The van der Waals surface area contributed by atoms with Crippen LogP contribution in [0.3, 0.4) is 0 Å². The SMILES string of the molecule is CCOC(CO)(OCC)c1cccnc1F. The van der Waals surface area contributed by atoms with Crippen LogP contribution in [0.4, 0.5) is 4.39 Å². The van der Waals surface area contributed by atoms with Crippen molar-refractivity contribution in [2.75, 3.05) is 19.8 Å². The zero-order valence-corrected chi connectivity index (χ0v) is 9.44. The van der Waals surface area contributed by atoms with Crippen LogP contribution in [0.2, 0.25) is 0 Å². The maximum Gasteiger partial charge on any atom is 0.223 e. The summed E-state index contributed by atoms with van der Waals surface area (Å²) in [4.78, 5) is 3.52. The van der Waals surface area contributed by atoms with E-state index in [2.05, 4.69) is 4.98 Å². The Labute approximate surface area is 94.0 Å². The Hall–Kier alpha value is -1.04. The summed E-state index contributed by atoms with van der Waals surface area (Å²) in [5, 5.41) is 9.37. The van der Waals surface area contributed by atoms with Gasteiger partial charge in [-0.3, -0.25) is 0 Å². The molecule has 0 aliphatic carbocycles. The Morgan fingerprint density at radius 2 is 2.00 bits per heavy atom. The molecule has 1 aromatic heterocycles. The second-order valence-corrected chi connectivity index (χ2v) is 3.12. The molecule has 1 N–H and O–H groups in total. The van der Waals surface area contributed by atoms with Gasteiger partial charge in [-0.2, -0.15) is 4.39 Å². The lowest BCUT2D eigenvalue weighted by atomic mass is 10.1. The van der Waals surface area contributed by atoms with E-state index in [0.29, 0.717) is 13.2 Å². The van der Waals surface area contributed by atoms with Crippen LogP contribution in [-0.4, -0.2) is 29.9 Å². The van der Waals surface area contributed by atoms with Crippen LogP contribution >= 0.6 is 0 Å². The van der Waals surface area contributed by atoms with Gasteiger partial charge in [0.15, 0.2) is 0 Å². The highest BCUT2D eigenvalue weighted by atomic mass is 19.1. The highest BCUT2D eigenvalue weighted by Gasteiger charge is 2.36. The molecule has 4 nitrogen and oxygen atoms in total. The lowest BCUT2D eigenvalue weighted by Gasteiger charge is -2.31. The molecule has 5 heteroatoms. The Balaban J connectivity index is 3.13. The predicted molar refractivity (Wildman–Crippen MR) is 56.2 cm³/mol. The molecule has 0 bridgehead atoms. The monoisotopic (exact) mass is 229 g/mol. The van der Waals surface area contributed by atoms with E-state index in [1.807, 2.05) is 0 Å². The van der Waals surface area contributed by atoms with Crippen molar-refractivity contribution in [3.63, 3.8) is 0 Å². The fourth-order valence-corrected chi connectivity index (χ4v) is 1.51. The van der Waals surface area contributed by atoms with E-state index in [-0.39, 0.29) is 5.56 Å². The smallest absolute Gasteiger partial charge is 0.223 e. The minimum atomic E-state index is -1.46. The van der Waals surface area contributed by atoms with Crippen LogP contribution in [-0.2, 0) is 15.3 Å². The molecule has 1 aromatic rings. The quantitative estimate of drug-likeness (QED) is 0.592. The minimum absolute atomic E-state index is 0.112. The van der Waals surface area contributed by atoms with Crippen molar-refractivity contribution in [1.82, 2.24) is 4.98 Å². The number of aliphatic hydroxyl groups excluding tert-OH is 1. The summed E-state index contributed by atoms with van der Waals surface area (Å²) >= 11 is 0. The van der Waals surface area contributed by atoms with E-state index in [1.54, 1.807) is 19.9 Å². The van der Waals surface area contributed by atoms with Crippen molar-refractivity contribution in [3.05, 3.63) is 29.8 Å². The Morgan fingerprint density at radius 3 is 2.44 bits per heavy atom. The molecule has 0 spiro atoms. The maximum absolute atomic E-state index is 13.5. The van der Waals surface area contributed by atoms with Gasteiger partial charge in [0.25, 0.3) is 0 Å². The normalized spacial score (nSPS) is 11.8. The standard InChI is InChI=1S/C11H16FNO3/c1-3-15-11(8-14,16-4-2)9-6-5-7-13-10(9)12/h5-7,14H,3-4,8H2,1-2H3. The van der Waals surface area contributed by atoms with E-state index in [9.17, 15) is 9.50 Å². The summed E-state index contributed by atoms with van der Waals surface area (Å²) in [5.41, 5.74) is 0.112. The molecule has 0 aromatic carbocycles. The molecule has 0 saturated carbocycles. The fourth-order valence-electron chi connectivity index (χ4n) is 1.51. The number of aliphatic hydroxyl groups is 1. The zero-order chi connectivity index (χ0) is 12.0. The van der Waals surface area contributed by atoms with Gasteiger partial charge >= 0.3 is 0 Å². The van der Waals surface area contributed by atoms with Gasteiger partial charge in [-0.1, -0.05) is 0 Å². The van der Waals surface area contributed by atoms with Gasteiger partial charge in [0.2, 0.25) is 11.7 Å². The van der Waals surface area contributed by atoms with Gasteiger partial charge in [0.1, 0.15) is 6.61 Å². The van der Waals surface area contributed by atoms with E-state index in [4.69, 9.17) is 9.47 Å². The Morgan fingerprint density at radius 1 is 1.38 bits per heavy atom. The minimum Gasteiger partial charge on any atom is -0.390 e. The van der Waals surface area contributed by atoms with Crippen molar-refractivity contribution in [3.8, 4) is 0 Å². The van der Waals surface area contributed by atoms with Gasteiger partial charge in [-0.25, -0.2) is 4.98 Å². The first-order chi connectivity index (χ1) is 7.70. The first-order valence-corrected chi connectivity index (χ1v) is 5.20. The van der Waals surface area contributed by atoms with Crippen molar-refractivity contribution >= 4 is 0 Å². The van der Waals surface area contributed by atoms with Crippen molar-refractivity contribution in [2.24, 2.45) is 0 Å². The summed E-state index contributed by atoms with van der Waals surface area (Å²) in [6.07, 6.45) is 1.33. The molecule has 0 saturated heterocycles. The summed E-state index contributed by atoms with van der Waals surface area (Å²) in [7, 11) is 0. The van der Waals surface area contributed by atoms with Crippen LogP contribution < -0.4 is 0 Å². The van der Waals surface area contributed by atoms with Crippen LogP contribution in [0.1, 0.15) is 19.4 Å². The van der Waals surface area contributed by atoms with Crippen LogP contribution in [0.5, 0.6) is 0 Å². The second kappa shape index (κ2) is 5.89. The third-order valence-corrected chi connectivity index (χ3v) is 2.13. The summed E-state index contributed by atoms with van der Waals surface area (Å²) in [6, 6.07) is 3.06. The van der Waals surface area contributed by atoms with Gasteiger partial charge in [-0.15, -0.1) is 0 Å². The molecule has 0 aliphatic heterocycles. The first kappa shape index (κ1) is 13.0. The fraction of sp³-hybridized carbons (Fsp3) is 0.545. The summed E-state index contributed by atoms with van der Waals surface area (Å²) in [6.45, 7) is 3.64. The third-order valence-electron chi connectivity index (χ3n) is 2.13. The number of halogens is 1. The van der Waals surface area contributed by atoms with Gasteiger partial charge < -0.3 is 14.6 Å². The van der Waals surface area contributed by atoms with Crippen molar-refractivity contribution in [1.29, 1.82) is 0 Å². The van der Waals surface area contributed by atoms with E-state index < -0.39 is 18.3 Å². The lowest BCUT2D eigenvalue weighted by molar-refractivity contribution is -0.262. The Bertz CT molecular complexity index is 327. The molecule has 90 valence electrons. The molecule has 0 radical (unpaired) electrons. The van der Waals surface area contributed by atoms with E-state index >= 15 is 0 Å². The first-order valence-electron chi connectivity index (χ1n) is 5.20. The van der Waals surface area contributed by atoms with E-state index in [1.165, 1.54) is 12.3 Å². The van der Waals surface area contributed by atoms with Crippen LogP contribution in [0.15, 0.2) is 18.3 Å². The number of pyridine rings is 1. The highest BCUT2D eigenvalue weighted by molar-refractivity contribution is 5.17. The molecule has 0 aliphatic rings. The Kier molecular flexibility index (Phi) is 4.79. The molecule has 0 atom stereocenters. The second-order valence-electron chi connectivity index (χ2n) is 3.12. The number of hydrogen-bond donors (Lipinski definition) is 1. The summed E-state index contributed by atoms with van der Waals surface area (Å²) < 4.78 is 24.2. The van der Waals surface area contributed by atoms with E-state index in [0.717, 1.165) is 0 Å². The third kappa shape index (κ3) is 2.55. The average molecular weight is 229 g/mol. The molecular weight excluding hydrogens is 213 g/mol. The number of nitrogens with zero attached hydrogens (tertiary/aromatic N) is 1. The lowest BCUT2D eigenvalue weighted by Crippen LogP contribution is -2.38. The zero-order valence-electron chi connectivity index (χ0n) is 9.44. The van der Waals surface area contributed by atoms with Gasteiger partial charge in [-0.05, 0) is 26.0 Å². The molecule has 1 rings (SSSR count). The van der Waals surface area contributed by atoms with Gasteiger partial charge in [0, 0.05) is 19.4 Å². The molecule has 1 heterocycles. The number of hydrogen-bond acceptors (Lipinski definition) is 4. The predicted octanol–water partition coefficient (Wildman–Crippen LogP) is 1.44. The van der Waals surface area contributed by atoms with Crippen LogP contribution in [0, 0.1) is 5.95 Å². The average Bonchev–Trinajstić information content (AvgIpc) is 2.29. The molecule has 0 fully saturated rings. The number of ether oxygens (including phenoxy) is 2. The van der Waals surface area contributed by atoms with Crippen LogP contribution in [0.25, 0.3) is 0 Å². The maximum atomic E-state index is 13.5. The number of rotatable bonds is 6. The van der Waals surface area contributed by atoms with Crippen molar-refractivity contribution < 1.29 is 19.0 Å². The molecule has 0 amide bonds. The van der Waals surface area contributed by atoms with Gasteiger partial charge in [0.05, 0.1) is 5.56 Å². The van der Waals surface area contributed by atoms with Crippen molar-refractivity contribution in [2.45, 2.75) is 19.6 Å². The summed E-state index contributed by atoms with van der Waals surface area (Å²) in [5.74, 6) is -2.15. The molecule has 0 unspecified atom stereocenters. The molecule has 16 heavy (non-hydrogen) atoms. The number of aromatic nitrogens is 1. The highest BCUT2D eigenvalue weighted by Crippen LogP contribution is 2.28. The molecular formula is C11H16FNO3. The largest absolute Gasteiger partial charge is 0.390 e.